The number of aliphatic carboxylic acids is 1. The van der Waals surface area contributed by atoms with Crippen LogP contribution in [0.5, 0.6) is 0 Å². The predicted octanol–water partition coefficient (Wildman–Crippen LogP) is -3.41. The summed E-state index contributed by atoms with van der Waals surface area (Å²) in [6.07, 6.45) is 0. The number of hydrogen-bond acceptors (Lipinski definition) is 5. The molecule has 11 nitrogen and oxygen atoms in total. The van der Waals surface area contributed by atoms with E-state index in [4.69, 9.17) is 44.4 Å². The van der Waals surface area contributed by atoms with E-state index >= 15 is 0 Å². The standard InChI is InChI=1S/C3H7NO2.AsH3O4.H2O4S/c1-2(4)3(5)6;2-1(3,4)5;1-5(2,3)4/h2H,4H2,1H3,(H,5,6);(H3,2,3,4,5);(H2,1,2,3,4). The van der Waals surface area contributed by atoms with E-state index in [1.807, 2.05) is 0 Å². The Balaban J connectivity index is -0.000000160. The summed E-state index contributed by atoms with van der Waals surface area (Å²) < 4.78 is 62.3. The van der Waals surface area contributed by atoms with Gasteiger partial charge in [-0.25, -0.2) is 0 Å². The molecule has 0 bridgehead atoms. The van der Waals surface area contributed by atoms with E-state index in [1.54, 1.807) is 0 Å². The molecule has 0 spiro atoms. The van der Waals surface area contributed by atoms with Crippen LogP contribution in [0.25, 0.3) is 0 Å². The Kier molecular flexibility index (Phi) is 11.3. The van der Waals surface area contributed by atoms with Crippen molar-refractivity contribution >= 4 is 30.9 Å². The van der Waals surface area contributed by atoms with Gasteiger partial charge < -0.3 is 10.8 Å². The average Bonchev–Trinajstić information content (AvgIpc) is 1.77. The van der Waals surface area contributed by atoms with Crippen molar-refractivity contribution in [3.8, 4) is 0 Å². The number of hydrogen-bond donors (Lipinski definition) is 7. The Bertz CT molecular complexity index is 312. The molecule has 0 heterocycles. The van der Waals surface area contributed by atoms with Gasteiger partial charge in [-0.2, -0.15) is 8.42 Å². The fourth-order valence-corrected chi connectivity index (χ4v) is 0. The summed E-state index contributed by atoms with van der Waals surface area (Å²) in [6.45, 7) is 1.42. The molecule has 1 unspecified atom stereocenters. The van der Waals surface area contributed by atoms with Crippen molar-refractivity contribution < 1.29 is 43.5 Å². The molecule has 0 saturated carbocycles. The van der Waals surface area contributed by atoms with Gasteiger partial charge in [-0.05, 0) is 6.92 Å². The fraction of sp³-hybridized carbons (Fsp3) is 0.667. The molecule has 1 atom stereocenters. The van der Waals surface area contributed by atoms with Gasteiger partial charge in [0.25, 0.3) is 0 Å². The second-order valence-electron chi connectivity index (χ2n) is 2.09. The van der Waals surface area contributed by atoms with E-state index in [9.17, 15) is 4.79 Å². The van der Waals surface area contributed by atoms with Crippen LogP contribution < -0.4 is 5.73 Å². The molecule has 0 rings (SSSR count). The van der Waals surface area contributed by atoms with Gasteiger partial charge >= 0.3 is 46.9 Å². The third-order valence-corrected chi connectivity index (χ3v) is 0.390. The van der Waals surface area contributed by atoms with Crippen LogP contribution in [0.1, 0.15) is 6.92 Å². The zero-order valence-corrected chi connectivity index (χ0v) is 10.5. The summed E-state index contributed by atoms with van der Waals surface area (Å²) in [5.74, 6) is -0.963. The van der Waals surface area contributed by atoms with E-state index in [0.29, 0.717) is 0 Å². The zero-order valence-electron chi connectivity index (χ0n) is 7.83. The molecule has 16 heavy (non-hydrogen) atoms. The Labute approximate surface area is 93.4 Å². The van der Waals surface area contributed by atoms with Crippen LogP contribution >= 0.6 is 0 Å². The van der Waals surface area contributed by atoms with Gasteiger partial charge in [-0.3, -0.25) is 13.9 Å². The second-order valence-corrected chi connectivity index (χ2v) is 5.14. The Morgan fingerprint density at radius 1 is 1.25 bits per heavy atom. The van der Waals surface area contributed by atoms with Gasteiger partial charge in [0.05, 0.1) is 0 Å². The molecule has 0 saturated heterocycles. The van der Waals surface area contributed by atoms with Gasteiger partial charge in [0.1, 0.15) is 6.04 Å². The molecule has 0 aromatic rings. The van der Waals surface area contributed by atoms with Gasteiger partial charge in [0, 0.05) is 0 Å². The molecule has 0 aliphatic rings. The molecule has 13 heteroatoms. The zero-order chi connectivity index (χ0) is 14.2. The minimum atomic E-state index is -5.12. The monoisotopic (exact) mass is 329 g/mol. The molecule has 0 amide bonds. The first-order valence-corrected chi connectivity index (χ1v) is 7.79. The Morgan fingerprint density at radius 3 is 1.31 bits per heavy atom. The summed E-state index contributed by atoms with van der Waals surface area (Å²) in [6, 6.07) is -0.731. The molecule has 0 radical (unpaired) electrons. The summed E-state index contributed by atoms with van der Waals surface area (Å²) in [5.41, 5.74) is 4.84. The number of nitrogens with two attached hydrogens (primary N) is 1. The van der Waals surface area contributed by atoms with Crippen LogP contribution in [0, 0.1) is 0 Å². The first-order valence-electron chi connectivity index (χ1n) is 3.11. The van der Waals surface area contributed by atoms with E-state index < -0.39 is 36.9 Å². The number of carboxylic acid groups (broad SMARTS) is 1. The van der Waals surface area contributed by atoms with Gasteiger partial charge in [-0.1, -0.05) is 0 Å². The number of carbonyl (C=O) groups is 1. The Morgan fingerprint density at radius 2 is 1.31 bits per heavy atom. The molecule has 0 aromatic heterocycles. The van der Waals surface area contributed by atoms with Crippen LogP contribution in [-0.2, 0) is 18.9 Å². The molecular weight excluding hydrogens is 317 g/mol. The molecule has 0 aliphatic heterocycles. The Hall–Kier alpha value is -0.462. The fourth-order valence-electron chi connectivity index (χ4n) is 0. The van der Waals surface area contributed by atoms with E-state index in [0.717, 1.165) is 0 Å². The van der Waals surface area contributed by atoms with Crippen LogP contribution in [0.2, 0.25) is 0 Å². The van der Waals surface area contributed by atoms with E-state index in [2.05, 4.69) is 0 Å². The van der Waals surface area contributed by atoms with E-state index in [-0.39, 0.29) is 0 Å². The number of rotatable bonds is 1. The first-order chi connectivity index (χ1) is 6.64. The molecule has 100 valence electrons. The molecule has 0 aliphatic carbocycles. The van der Waals surface area contributed by atoms with Crippen molar-refractivity contribution in [2.75, 3.05) is 0 Å². The maximum atomic E-state index is 9.57. The van der Waals surface area contributed by atoms with Crippen LogP contribution in [0.4, 0.5) is 0 Å². The van der Waals surface area contributed by atoms with Crippen LogP contribution in [0.3, 0.4) is 0 Å². The van der Waals surface area contributed by atoms with Crippen molar-refractivity contribution in [2.45, 2.75) is 13.0 Å². The quantitative estimate of drug-likeness (QED) is 0.186. The maximum absolute atomic E-state index is 9.57. The summed E-state index contributed by atoms with van der Waals surface area (Å²) in [7, 11) is -4.67. The van der Waals surface area contributed by atoms with Crippen LogP contribution in [0.15, 0.2) is 0 Å². The second kappa shape index (κ2) is 8.66. The average molecular weight is 329 g/mol. The minimum absolute atomic E-state index is 0.731. The summed E-state index contributed by atoms with van der Waals surface area (Å²) >= 11 is -5.12. The SMILES string of the molecule is CC(N)C(=O)O.O=S(=O)(O)O.O=[As](O)(O)O. The third kappa shape index (κ3) is 170. The molecule has 0 aromatic carbocycles. The molecule has 0 fully saturated rings. The van der Waals surface area contributed by atoms with Crippen LogP contribution in [-0.4, -0.2) is 61.4 Å². The van der Waals surface area contributed by atoms with Crippen molar-refractivity contribution in [2.24, 2.45) is 5.73 Å². The van der Waals surface area contributed by atoms with Crippen molar-refractivity contribution in [3.05, 3.63) is 0 Å². The summed E-state index contributed by atoms with van der Waals surface area (Å²) in [4.78, 5) is 9.57. The number of carboxylic acids is 1. The van der Waals surface area contributed by atoms with Crippen molar-refractivity contribution in [3.63, 3.8) is 0 Å². The van der Waals surface area contributed by atoms with Gasteiger partial charge in [-0.15, -0.1) is 0 Å². The molecule has 8 N–H and O–H groups in total. The van der Waals surface area contributed by atoms with Crippen molar-refractivity contribution in [1.82, 2.24) is 0 Å². The molecular formula is C3H12AsNO10S. The first kappa shape index (κ1) is 20.9. The predicted molar refractivity (Wildman–Crippen MR) is 48.6 cm³/mol. The van der Waals surface area contributed by atoms with Crippen molar-refractivity contribution in [1.29, 1.82) is 0 Å². The summed E-state index contributed by atoms with van der Waals surface area (Å²) in [5, 5.41) is 7.87. The van der Waals surface area contributed by atoms with E-state index in [1.165, 1.54) is 6.92 Å². The van der Waals surface area contributed by atoms with Gasteiger partial charge in [0.15, 0.2) is 0 Å². The third-order valence-electron chi connectivity index (χ3n) is 0.390. The van der Waals surface area contributed by atoms with Gasteiger partial charge in [0.2, 0.25) is 0 Å². The topological polar surface area (TPSA) is 216 Å². The normalized spacial score (nSPS) is 12.4.